The maximum atomic E-state index is 12.7. The van der Waals surface area contributed by atoms with E-state index in [9.17, 15) is 9.59 Å². The second-order valence-electron chi connectivity index (χ2n) is 8.44. The summed E-state index contributed by atoms with van der Waals surface area (Å²) in [7, 11) is 0. The summed E-state index contributed by atoms with van der Waals surface area (Å²) in [5.41, 5.74) is 2.01. The van der Waals surface area contributed by atoms with Crippen molar-refractivity contribution in [2.45, 2.75) is 32.6 Å². The average molecular weight is 429 g/mol. The number of carbonyl (C=O) groups is 2. The third kappa shape index (κ3) is 4.80. The molecule has 162 valence electrons. The van der Waals surface area contributed by atoms with Gasteiger partial charge in [0.15, 0.2) is 11.5 Å². The normalized spacial score (nSPS) is 11.3. The van der Waals surface area contributed by atoms with E-state index in [2.05, 4.69) is 25.8 Å². The van der Waals surface area contributed by atoms with Crippen LogP contribution >= 0.6 is 0 Å². The Labute approximate surface area is 185 Å². The molecule has 4 aromatic rings. The molecule has 3 heterocycles. The van der Waals surface area contributed by atoms with Crippen LogP contribution in [0.15, 0.2) is 65.4 Å². The number of rotatable bonds is 5. The van der Waals surface area contributed by atoms with Gasteiger partial charge in [0.05, 0.1) is 6.42 Å². The Morgan fingerprint density at radius 1 is 0.969 bits per heavy atom. The van der Waals surface area contributed by atoms with Crippen LogP contribution in [0.3, 0.4) is 0 Å². The summed E-state index contributed by atoms with van der Waals surface area (Å²) in [6.07, 6.45) is 3.38. The van der Waals surface area contributed by atoms with E-state index >= 15 is 0 Å². The van der Waals surface area contributed by atoms with Crippen LogP contribution in [0.4, 0.5) is 11.5 Å². The number of nitrogens with one attached hydrogen (secondary N) is 2. The zero-order valence-electron chi connectivity index (χ0n) is 18.0. The molecule has 3 aromatic heterocycles. The van der Waals surface area contributed by atoms with Crippen molar-refractivity contribution in [3.05, 3.63) is 77.9 Å². The minimum Gasteiger partial charge on any atom is -0.359 e. The average Bonchev–Trinajstić information content (AvgIpc) is 3.23. The van der Waals surface area contributed by atoms with Gasteiger partial charge in [-0.15, -0.1) is 0 Å². The summed E-state index contributed by atoms with van der Waals surface area (Å²) in [5, 5.41) is 10.3. The van der Waals surface area contributed by atoms with Gasteiger partial charge in [-0.25, -0.2) is 4.98 Å². The zero-order valence-corrected chi connectivity index (χ0v) is 18.0. The lowest BCUT2D eigenvalue weighted by Gasteiger charge is -2.12. The Hall–Kier alpha value is -4.07. The van der Waals surface area contributed by atoms with Gasteiger partial charge < -0.3 is 15.2 Å². The van der Waals surface area contributed by atoms with Crippen LogP contribution in [0.1, 0.15) is 42.6 Å². The Balaban J connectivity index is 1.38. The van der Waals surface area contributed by atoms with Crippen molar-refractivity contribution in [1.29, 1.82) is 0 Å². The number of benzene rings is 1. The van der Waals surface area contributed by atoms with Crippen LogP contribution in [0.5, 0.6) is 0 Å². The number of hydrogen-bond acceptors (Lipinski definition) is 6. The van der Waals surface area contributed by atoms with Gasteiger partial charge in [-0.05, 0) is 29.8 Å². The summed E-state index contributed by atoms with van der Waals surface area (Å²) in [5.74, 6) is 0.533. The SMILES string of the molecule is CC(C)(C)c1cc(NC(=O)Cc2ccc(NC(=O)c3nccc4cccnc34)cc2)no1. The van der Waals surface area contributed by atoms with Crippen molar-refractivity contribution < 1.29 is 14.1 Å². The van der Waals surface area contributed by atoms with Gasteiger partial charge in [0.2, 0.25) is 5.91 Å². The highest BCUT2D eigenvalue weighted by Crippen LogP contribution is 2.24. The molecule has 8 nitrogen and oxygen atoms in total. The first-order valence-corrected chi connectivity index (χ1v) is 10.2. The van der Waals surface area contributed by atoms with E-state index < -0.39 is 0 Å². The molecule has 0 unspecified atom stereocenters. The molecule has 32 heavy (non-hydrogen) atoms. The highest BCUT2D eigenvalue weighted by molar-refractivity contribution is 6.10. The van der Waals surface area contributed by atoms with E-state index in [1.54, 1.807) is 42.7 Å². The molecule has 2 N–H and O–H groups in total. The second-order valence-corrected chi connectivity index (χ2v) is 8.44. The zero-order chi connectivity index (χ0) is 22.7. The predicted octanol–water partition coefficient (Wildman–Crippen LogP) is 4.35. The lowest BCUT2D eigenvalue weighted by molar-refractivity contribution is -0.115. The Kier molecular flexibility index (Phi) is 5.68. The van der Waals surface area contributed by atoms with Gasteiger partial charge >= 0.3 is 0 Å². The van der Waals surface area contributed by atoms with Crippen molar-refractivity contribution in [1.82, 2.24) is 15.1 Å². The lowest BCUT2D eigenvalue weighted by Crippen LogP contribution is -2.16. The number of carbonyl (C=O) groups excluding carboxylic acids is 2. The van der Waals surface area contributed by atoms with Crippen LogP contribution in [-0.4, -0.2) is 26.9 Å². The fourth-order valence-corrected chi connectivity index (χ4v) is 3.13. The molecule has 0 saturated heterocycles. The summed E-state index contributed by atoms with van der Waals surface area (Å²) in [6.45, 7) is 6.02. The van der Waals surface area contributed by atoms with Crippen molar-refractivity contribution in [2.75, 3.05) is 10.6 Å². The maximum absolute atomic E-state index is 12.7. The monoisotopic (exact) mass is 429 g/mol. The number of hydrogen-bond donors (Lipinski definition) is 2. The van der Waals surface area contributed by atoms with E-state index in [0.717, 1.165) is 10.9 Å². The molecular formula is C24H23N5O3. The number of fused-ring (bicyclic) bond motifs is 1. The molecule has 2 amide bonds. The number of pyridine rings is 2. The molecule has 0 aliphatic rings. The number of amides is 2. The molecule has 0 saturated carbocycles. The second kappa shape index (κ2) is 8.58. The Morgan fingerprint density at radius 3 is 2.47 bits per heavy atom. The lowest BCUT2D eigenvalue weighted by atomic mass is 9.93. The minimum absolute atomic E-state index is 0.167. The van der Waals surface area contributed by atoms with Gasteiger partial charge in [-0.1, -0.05) is 44.1 Å². The number of anilines is 2. The quantitative estimate of drug-likeness (QED) is 0.488. The summed E-state index contributed by atoms with van der Waals surface area (Å²) in [6, 6.07) is 14.3. The molecule has 8 heteroatoms. The van der Waals surface area contributed by atoms with E-state index in [4.69, 9.17) is 4.52 Å². The molecule has 0 aliphatic carbocycles. The molecule has 0 aliphatic heterocycles. The van der Waals surface area contributed by atoms with Gasteiger partial charge in [0, 0.05) is 34.9 Å². The van der Waals surface area contributed by atoms with Gasteiger partial charge in [0.1, 0.15) is 11.3 Å². The van der Waals surface area contributed by atoms with Crippen LogP contribution in [0.2, 0.25) is 0 Å². The molecule has 0 bridgehead atoms. The van der Waals surface area contributed by atoms with Crippen molar-refractivity contribution in [3.8, 4) is 0 Å². The van der Waals surface area contributed by atoms with Gasteiger partial charge in [-0.2, -0.15) is 0 Å². The van der Waals surface area contributed by atoms with Crippen molar-refractivity contribution >= 4 is 34.2 Å². The van der Waals surface area contributed by atoms with E-state index in [1.165, 1.54) is 0 Å². The predicted molar refractivity (Wildman–Crippen MR) is 121 cm³/mol. The summed E-state index contributed by atoms with van der Waals surface area (Å²) < 4.78 is 5.28. The highest BCUT2D eigenvalue weighted by atomic mass is 16.5. The standard InChI is InChI=1S/C24H23N5O3/c1-24(2,3)18-14-19(29-32-18)28-20(30)13-15-6-8-17(9-7-15)27-23(31)22-21-16(10-12-26-22)5-4-11-25-21/h4-12,14H,13H2,1-3H3,(H,27,31)(H,28,29,30). The molecule has 0 atom stereocenters. The Bertz CT molecular complexity index is 1270. The summed E-state index contributed by atoms with van der Waals surface area (Å²) >= 11 is 0. The van der Waals surface area contributed by atoms with Crippen LogP contribution in [0, 0.1) is 0 Å². The molecule has 0 fully saturated rings. The fraction of sp³-hybridized carbons (Fsp3) is 0.208. The first-order chi connectivity index (χ1) is 15.3. The molecule has 0 spiro atoms. The van der Waals surface area contributed by atoms with Crippen molar-refractivity contribution in [2.24, 2.45) is 0 Å². The third-order valence-corrected chi connectivity index (χ3v) is 4.83. The maximum Gasteiger partial charge on any atom is 0.276 e. The molecule has 0 radical (unpaired) electrons. The van der Waals surface area contributed by atoms with Crippen molar-refractivity contribution in [3.63, 3.8) is 0 Å². The van der Waals surface area contributed by atoms with E-state index in [1.807, 2.05) is 39.0 Å². The topological polar surface area (TPSA) is 110 Å². The third-order valence-electron chi connectivity index (χ3n) is 4.83. The summed E-state index contributed by atoms with van der Waals surface area (Å²) in [4.78, 5) is 33.4. The Morgan fingerprint density at radius 2 is 1.75 bits per heavy atom. The minimum atomic E-state index is -0.347. The first kappa shape index (κ1) is 21.2. The largest absolute Gasteiger partial charge is 0.359 e. The van der Waals surface area contributed by atoms with Crippen LogP contribution < -0.4 is 10.6 Å². The molecular weight excluding hydrogens is 406 g/mol. The molecule has 4 rings (SSSR count). The number of aromatic nitrogens is 3. The van der Waals surface area contributed by atoms with Crippen LogP contribution in [-0.2, 0) is 16.6 Å². The van der Waals surface area contributed by atoms with Gasteiger partial charge in [0.25, 0.3) is 5.91 Å². The first-order valence-electron chi connectivity index (χ1n) is 10.2. The van der Waals surface area contributed by atoms with E-state index in [0.29, 0.717) is 22.8 Å². The molecule has 1 aromatic carbocycles. The van der Waals surface area contributed by atoms with Crippen LogP contribution in [0.25, 0.3) is 10.9 Å². The smallest absolute Gasteiger partial charge is 0.276 e. The highest BCUT2D eigenvalue weighted by Gasteiger charge is 2.20. The van der Waals surface area contributed by atoms with Gasteiger partial charge in [-0.3, -0.25) is 14.6 Å². The fourth-order valence-electron chi connectivity index (χ4n) is 3.13. The van der Waals surface area contributed by atoms with E-state index in [-0.39, 0.29) is 29.3 Å². The number of nitrogens with zero attached hydrogens (tertiary/aromatic N) is 3.